The molecule has 0 spiro atoms. The quantitative estimate of drug-likeness (QED) is 0.871. The normalized spacial score (nSPS) is 10.6. The summed E-state index contributed by atoms with van der Waals surface area (Å²) in [5.41, 5.74) is 1.04. The molecular weight excluding hydrogens is 300 g/mol. The molecule has 0 aliphatic heterocycles. The van der Waals surface area contributed by atoms with Crippen LogP contribution in [0.5, 0.6) is 5.75 Å². The van der Waals surface area contributed by atoms with Crippen molar-refractivity contribution in [3.8, 4) is 5.75 Å². The third kappa shape index (κ3) is 3.17. The highest BCUT2D eigenvalue weighted by Gasteiger charge is 2.14. The standard InChI is InChI=1S/C15H14Cl2FNO/c1-2-19(14-6-4-3-5-13(14)18)9-10-7-11(16)8-12(17)15(10)20/h3-8,20H,2,9H2,1H3. The molecule has 2 aromatic rings. The molecule has 0 heterocycles. The van der Waals surface area contributed by atoms with E-state index < -0.39 is 0 Å². The monoisotopic (exact) mass is 313 g/mol. The van der Waals surface area contributed by atoms with Gasteiger partial charge < -0.3 is 10.0 Å². The van der Waals surface area contributed by atoms with Gasteiger partial charge in [0.15, 0.2) is 0 Å². The number of hydrogen-bond donors (Lipinski definition) is 1. The first kappa shape index (κ1) is 14.9. The van der Waals surface area contributed by atoms with Crippen molar-refractivity contribution in [3.63, 3.8) is 0 Å². The fraction of sp³-hybridized carbons (Fsp3) is 0.200. The molecule has 0 fully saturated rings. The van der Waals surface area contributed by atoms with E-state index in [2.05, 4.69) is 0 Å². The SMILES string of the molecule is CCN(Cc1cc(Cl)cc(Cl)c1O)c1ccccc1F. The Morgan fingerprint density at radius 3 is 2.55 bits per heavy atom. The van der Waals surface area contributed by atoms with Gasteiger partial charge in [-0.3, -0.25) is 0 Å². The van der Waals surface area contributed by atoms with E-state index in [1.54, 1.807) is 29.2 Å². The Hall–Kier alpha value is -1.45. The van der Waals surface area contributed by atoms with Crippen molar-refractivity contribution < 1.29 is 9.50 Å². The van der Waals surface area contributed by atoms with Crippen LogP contribution in [0.4, 0.5) is 10.1 Å². The lowest BCUT2D eigenvalue weighted by atomic mass is 10.1. The topological polar surface area (TPSA) is 23.5 Å². The van der Waals surface area contributed by atoms with Crippen molar-refractivity contribution in [2.75, 3.05) is 11.4 Å². The predicted octanol–water partition coefficient (Wildman–Crippen LogP) is 4.86. The minimum atomic E-state index is -0.304. The van der Waals surface area contributed by atoms with Crippen molar-refractivity contribution in [3.05, 3.63) is 57.8 Å². The lowest BCUT2D eigenvalue weighted by Gasteiger charge is -2.24. The third-order valence-corrected chi connectivity index (χ3v) is 3.55. The fourth-order valence-corrected chi connectivity index (χ4v) is 2.56. The molecule has 0 saturated carbocycles. The second-order valence-electron chi connectivity index (χ2n) is 4.36. The van der Waals surface area contributed by atoms with Crippen molar-refractivity contribution >= 4 is 28.9 Å². The first-order chi connectivity index (χ1) is 9.52. The maximum Gasteiger partial charge on any atom is 0.146 e. The second kappa shape index (κ2) is 6.33. The summed E-state index contributed by atoms with van der Waals surface area (Å²) in [4.78, 5) is 1.80. The van der Waals surface area contributed by atoms with Crippen LogP contribution >= 0.6 is 23.2 Å². The molecule has 0 amide bonds. The van der Waals surface area contributed by atoms with E-state index >= 15 is 0 Å². The van der Waals surface area contributed by atoms with Crippen LogP contribution in [0.3, 0.4) is 0 Å². The van der Waals surface area contributed by atoms with Gasteiger partial charge in [-0.2, -0.15) is 0 Å². The predicted molar refractivity (Wildman–Crippen MR) is 81.3 cm³/mol. The maximum absolute atomic E-state index is 13.8. The number of para-hydroxylation sites is 1. The van der Waals surface area contributed by atoms with Crippen molar-refractivity contribution in [2.45, 2.75) is 13.5 Å². The van der Waals surface area contributed by atoms with Gasteiger partial charge in [-0.05, 0) is 31.2 Å². The highest BCUT2D eigenvalue weighted by Crippen LogP contribution is 2.33. The zero-order chi connectivity index (χ0) is 14.7. The van der Waals surface area contributed by atoms with E-state index in [0.29, 0.717) is 29.4 Å². The average molecular weight is 314 g/mol. The molecule has 0 atom stereocenters. The van der Waals surface area contributed by atoms with E-state index in [-0.39, 0.29) is 16.6 Å². The van der Waals surface area contributed by atoms with E-state index in [1.807, 2.05) is 6.92 Å². The molecule has 2 nitrogen and oxygen atoms in total. The number of nitrogens with zero attached hydrogens (tertiary/aromatic N) is 1. The van der Waals surface area contributed by atoms with Gasteiger partial charge in [0.25, 0.3) is 0 Å². The lowest BCUT2D eigenvalue weighted by molar-refractivity contribution is 0.467. The van der Waals surface area contributed by atoms with Gasteiger partial charge in [-0.1, -0.05) is 35.3 Å². The highest BCUT2D eigenvalue weighted by atomic mass is 35.5. The summed E-state index contributed by atoms with van der Waals surface area (Å²) in [5.74, 6) is -0.326. The summed E-state index contributed by atoms with van der Waals surface area (Å²) >= 11 is 11.8. The Bertz CT molecular complexity index is 619. The molecule has 0 saturated heterocycles. The van der Waals surface area contributed by atoms with Gasteiger partial charge in [0, 0.05) is 23.7 Å². The van der Waals surface area contributed by atoms with Gasteiger partial charge in [0.1, 0.15) is 11.6 Å². The number of aromatic hydroxyl groups is 1. The molecule has 0 radical (unpaired) electrons. The zero-order valence-corrected chi connectivity index (χ0v) is 12.4. The largest absolute Gasteiger partial charge is 0.506 e. The molecule has 0 aliphatic carbocycles. The number of phenols is 1. The lowest BCUT2D eigenvalue weighted by Crippen LogP contribution is -2.23. The van der Waals surface area contributed by atoms with E-state index in [1.165, 1.54) is 12.1 Å². The Labute approximate surface area is 127 Å². The minimum Gasteiger partial charge on any atom is -0.506 e. The summed E-state index contributed by atoms with van der Waals surface area (Å²) in [6.07, 6.45) is 0. The van der Waals surface area contributed by atoms with Crippen molar-refractivity contribution in [2.24, 2.45) is 0 Å². The molecule has 0 bridgehead atoms. The maximum atomic E-state index is 13.8. The Morgan fingerprint density at radius 1 is 1.20 bits per heavy atom. The summed E-state index contributed by atoms with van der Waals surface area (Å²) in [6.45, 7) is 2.82. The molecule has 20 heavy (non-hydrogen) atoms. The molecule has 0 unspecified atom stereocenters. The number of hydrogen-bond acceptors (Lipinski definition) is 2. The van der Waals surface area contributed by atoms with Crippen LogP contribution in [-0.2, 0) is 6.54 Å². The minimum absolute atomic E-state index is 0.0224. The van der Waals surface area contributed by atoms with Gasteiger partial charge in [0.05, 0.1) is 10.7 Å². The van der Waals surface area contributed by atoms with Crippen molar-refractivity contribution in [1.82, 2.24) is 0 Å². The van der Waals surface area contributed by atoms with E-state index in [9.17, 15) is 9.50 Å². The molecule has 5 heteroatoms. The molecule has 1 N–H and O–H groups in total. The summed E-state index contributed by atoms with van der Waals surface area (Å²) < 4.78 is 13.8. The molecule has 0 aromatic heterocycles. The first-order valence-electron chi connectivity index (χ1n) is 6.19. The molecule has 2 rings (SSSR count). The molecule has 106 valence electrons. The molecule has 2 aromatic carbocycles. The van der Waals surface area contributed by atoms with Crippen molar-refractivity contribution in [1.29, 1.82) is 0 Å². The number of rotatable bonds is 4. The first-order valence-corrected chi connectivity index (χ1v) is 6.95. The Balaban J connectivity index is 2.34. The summed E-state index contributed by atoms with van der Waals surface area (Å²) in [6, 6.07) is 9.62. The van der Waals surface area contributed by atoms with Crippen LogP contribution in [0.25, 0.3) is 0 Å². The number of anilines is 1. The highest BCUT2D eigenvalue weighted by molar-refractivity contribution is 6.35. The smallest absolute Gasteiger partial charge is 0.146 e. The average Bonchev–Trinajstić information content (AvgIpc) is 2.42. The van der Waals surface area contributed by atoms with Gasteiger partial charge >= 0.3 is 0 Å². The van der Waals surface area contributed by atoms with Crippen LogP contribution in [0.1, 0.15) is 12.5 Å². The van der Waals surface area contributed by atoms with Crippen LogP contribution in [-0.4, -0.2) is 11.7 Å². The van der Waals surface area contributed by atoms with Gasteiger partial charge in [-0.15, -0.1) is 0 Å². The Morgan fingerprint density at radius 2 is 1.90 bits per heavy atom. The third-order valence-electron chi connectivity index (χ3n) is 3.04. The van der Waals surface area contributed by atoms with Gasteiger partial charge in [-0.25, -0.2) is 4.39 Å². The number of phenolic OH excluding ortho intramolecular Hbond substituents is 1. The number of halogens is 3. The summed E-state index contributed by atoms with van der Waals surface area (Å²) in [7, 11) is 0. The molecular formula is C15H14Cl2FNO. The number of benzene rings is 2. The molecule has 0 aliphatic rings. The van der Waals surface area contributed by atoms with E-state index in [0.717, 1.165) is 0 Å². The van der Waals surface area contributed by atoms with E-state index in [4.69, 9.17) is 23.2 Å². The van der Waals surface area contributed by atoms with Crippen LogP contribution in [0, 0.1) is 5.82 Å². The fourth-order valence-electron chi connectivity index (χ4n) is 2.02. The zero-order valence-electron chi connectivity index (χ0n) is 10.9. The summed E-state index contributed by atoms with van der Waals surface area (Å²) in [5, 5.41) is 10.6. The van der Waals surface area contributed by atoms with Crippen LogP contribution < -0.4 is 4.90 Å². The van der Waals surface area contributed by atoms with Gasteiger partial charge in [0.2, 0.25) is 0 Å². The Kier molecular flexibility index (Phi) is 4.73. The van der Waals surface area contributed by atoms with Crippen LogP contribution in [0.2, 0.25) is 10.0 Å². The van der Waals surface area contributed by atoms with Crippen LogP contribution in [0.15, 0.2) is 36.4 Å². The second-order valence-corrected chi connectivity index (χ2v) is 5.20.